The zero-order valence-electron chi connectivity index (χ0n) is 13.1. The Morgan fingerprint density at radius 2 is 2.14 bits per heavy atom. The van der Waals surface area contributed by atoms with Gasteiger partial charge in [-0.25, -0.2) is 4.79 Å². The summed E-state index contributed by atoms with van der Waals surface area (Å²) in [5.41, 5.74) is 2.82. The Morgan fingerprint density at radius 1 is 1.38 bits per heavy atom. The van der Waals surface area contributed by atoms with Crippen molar-refractivity contribution in [3.05, 3.63) is 29.3 Å². The molecule has 21 heavy (non-hydrogen) atoms. The summed E-state index contributed by atoms with van der Waals surface area (Å²) in [6.07, 6.45) is 3.88. The molecule has 0 bridgehead atoms. The topological polar surface area (TPSA) is 41.6 Å². The summed E-state index contributed by atoms with van der Waals surface area (Å²) in [7, 11) is 1.42. The van der Waals surface area contributed by atoms with Crippen molar-refractivity contribution in [3.63, 3.8) is 0 Å². The summed E-state index contributed by atoms with van der Waals surface area (Å²) in [6.45, 7) is 5.49. The number of esters is 1. The fraction of sp³-hybridized carbons (Fsp3) is 0.588. The zero-order chi connectivity index (χ0) is 15.0. The van der Waals surface area contributed by atoms with Crippen LogP contribution in [0.15, 0.2) is 18.2 Å². The smallest absolute Gasteiger partial charge is 0.337 e. The third-order valence-electron chi connectivity index (χ3n) is 4.66. The highest BCUT2D eigenvalue weighted by molar-refractivity contribution is 5.90. The Kier molecular flexibility index (Phi) is 3.89. The van der Waals surface area contributed by atoms with Gasteiger partial charge in [0.2, 0.25) is 0 Å². The van der Waals surface area contributed by atoms with Crippen molar-refractivity contribution in [1.82, 2.24) is 4.90 Å². The molecule has 1 aromatic carbocycles. The van der Waals surface area contributed by atoms with Gasteiger partial charge in [0.05, 0.1) is 12.7 Å². The quantitative estimate of drug-likeness (QED) is 0.865. The number of nitrogens with one attached hydrogen (secondary N) is 1. The highest BCUT2D eigenvalue weighted by atomic mass is 16.5. The number of hydrogen-bond donors (Lipinski definition) is 1. The van der Waals surface area contributed by atoms with Gasteiger partial charge >= 0.3 is 5.97 Å². The third kappa shape index (κ3) is 3.05. The van der Waals surface area contributed by atoms with Gasteiger partial charge in [-0.1, -0.05) is 6.07 Å². The Bertz CT molecular complexity index is 540. The maximum absolute atomic E-state index is 11.7. The fourth-order valence-corrected chi connectivity index (χ4v) is 3.32. The van der Waals surface area contributed by atoms with Gasteiger partial charge in [-0.05, 0) is 50.8 Å². The lowest BCUT2D eigenvalue weighted by atomic mass is 10.1. The summed E-state index contributed by atoms with van der Waals surface area (Å²) in [5, 5.41) is 3.62. The van der Waals surface area contributed by atoms with Crippen molar-refractivity contribution in [2.45, 2.75) is 51.2 Å². The molecule has 1 heterocycles. The molecule has 0 radical (unpaired) electrons. The summed E-state index contributed by atoms with van der Waals surface area (Å²) in [6, 6.07) is 7.64. The SMILES string of the molecule is COC(=O)c1ccc(C)c(NC2CC(C)N(C3CC3)C2)c1. The van der Waals surface area contributed by atoms with E-state index in [4.69, 9.17) is 4.74 Å². The molecular weight excluding hydrogens is 264 g/mol. The van der Waals surface area contributed by atoms with Crippen LogP contribution in [0.4, 0.5) is 5.69 Å². The van der Waals surface area contributed by atoms with E-state index >= 15 is 0 Å². The molecule has 4 nitrogen and oxygen atoms in total. The van der Waals surface area contributed by atoms with E-state index in [1.165, 1.54) is 31.9 Å². The second kappa shape index (κ2) is 5.68. The second-order valence-corrected chi connectivity index (χ2v) is 6.38. The number of likely N-dealkylation sites (tertiary alicyclic amines) is 1. The molecule has 2 aliphatic rings. The lowest BCUT2D eigenvalue weighted by Gasteiger charge is -2.20. The standard InChI is InChI=1S/C17H24N2O2/c1-11-4-5-13(17(20)21-3)9-16(11)18-14-8-12(2)19(10-14)15-6-7-15/h4-5,9,12,14-15,18H,6-8,10H2,1-3H3. The monoisotopic (exact) mass is 288 g/mol. The molecule has 1 N–H and O–H groups in total. The molecule has 2 atom stereocenters. The number of hydrogen-bond acceptors (Lipinski definition) is 4. The molecule has 4 heteroatoms. The van der Waals surface area contributed by atoms with E-state index in [0.29, 0.717) is 17.6 Å². The first-order valence-corrected chi connectivity index (χ1v) is 7.79. The highest BCUT2D eigenvalue weighted by Crippen LogP contribution is 2.34. The lowest BCUT2D eigenvalue weighted by Crippen LogP contribution is -2.31. The van der Waals surface area contributed by atoms with E-state index < -0.39 is 0 Å². The Labute approximate surface area is 126 Å². The van der Waals surface area contributed by atoms with Gasteiger partial charge in [-0.2, -0.15) is 0 Å². The van der Waals surface area contributed by atoms with Crippen molar-refractivity contribution in [2.24, 2.45) is 0 Å². The minimum absolute atomic E-state index is 0.280. The molecule has 1 saturated carbocycles. The average molecular weight is 288 g/mol. The molecule has 114 valence electrons. The Morgan fingerprint density at radius 3 is 2.81 bits per heavy atom. The van der Waals surface area contributed by atoms with Crippen molar-refractivity contribution < 1.29 is 9.53 Å². The van der Waals surface area contributed by atoms with Crippen molar-refractivity contribution in [1.29, 1.82) is 0 Å². The summed E-state index contributed by atoms with van der Waals surface area (Å²) < 4.78 is 4.80. The molecule has 2 fully saturated rings. The summed E-state index contributed by atoms with van der Waals surface area (Å²) in [5.74, 6) is -0.280. The van der Waals surface area contributed by atoms with Crippen LogP contribution in [-0.4, -0.2) is 42.6 Å². The van der Waals surface area contributed by atoms with E-state index in [9.17, 15) is 4.79 Å². The minimum atomic E-state index is -0.280. The number of anilines is 1. The third-order valence-corrected chi connectivity index (χ3v) is 4.66. The van der Waals surface area contributed by atoms with Gasteiger partial charge in [0.25, 0.3) is 0 Å². The number of ether oxygens (including phenoxy) is 1. The molecule has 1 saturated heterocycles. The molecule has 1 aliphatic heterocycles. The first-order valence-electron chi connectivity index (χ1n) is 7.79. The molecular formula is C17H24N2O2. The number of rotatable bonds is 4. The van der Waals surface area contributed by atoms with Gasteiger partial charge in [0.15, 0.2) is 0 Å². The van der Waals surface area contributed by atoms with Gasteiger partial charge in [0.1, 0.15) is 0 Å². The molecule has 3 rings (SSSR count). The normalized spacial score (nSPS) is 25.9. The van der Waals surface area contributed by atoms with Crippen LogP contribution in [0.25, 0.3) is 0 Å². The van der Waals surface area contributed by atoms with Crippen LogP contribution in [0.3, 0.4) is 0 Å². The Hall–Kier alpha value is -1.55. The maximum Gasteiger partial charge on any atom is 0.337 e. The van der Waals surface area contributed by atoms with Crippen LogP contribution >= 0.6 is 0 Å². The number of methoxy groups -OCH3 is 1. The maximum atomic E-state index is 11.7. The molecule has 0 spiro atoms. The van der Waals surface area contributed by atoms with Crippen LogP contribution < -0.4 is 5.32 Å². The summed E-state index contributed by atoms with van der Waals surface area (Å²) >= 11 is 0. The van der Waals surface area contributed by atoms with Crippen molar-refractivity contribution in [2.75, 3.05) is 19.0 Å². The number of carbonyl (C=O) groups is 1. The zero-order valence-corrected chi connectivity index (χ0v) is 13.1. The lowest BCUT2D eigenvalue weighted by molar-refractivity contribution is 0.0601. The van der Waals surface area contributed by atoms with E-state index in [2.05, 4.69) is 24.1 Å². The first kappa shape index (κ1) is 14.4. The van der Waals surface area contributed by atoms with Crippen molar-refractivity contribution >= 4 is 11.7 Å². The van der Waals surface area contributed by atoms with E-state index in [1.807, 2.05) is 18.2 Å². The molecule has 1 aromatic rings. The molecule has 0 amide bonds. The number of aryl methyl sites for hydroxylation is 1. The van der Waals surface area contributed by atoms with E-state index in [0.717, 1.165) is 18.3 Å². The van der Waals surface area contributed by atoms with Crippen molar-refractivity contribution in [3.8, 4) is 0 Å². The van der Waals surface area contributed by atoms with Gasteiger partial charge in [0, 0.05) is 30.4 Å². The molecule has 1 aliphatic carbocycles. The second-order valence-electron chi connectivity index (χ2n) is 6.38. The van der Waals surface area contributed by atoms with Crippen LogP contribution in [-0.2, 0) is 4.74 Å². The fourth-order valence-electron chi connectivity index (χ4n) is 3.32. The average Bonchev–Trinajstić information content (AvgIpc) is 3.25. The largest absolute Gasteiger partial charge is 0.465 e. The van der Waals surface area contributed by atoms with Crippen LogP contribution in [0.5, 0.6) is 0 Å². The van der Waals surface area contributed by atoms with Gasteiger partial charge in [-0.15, -0.1) is 0 Å². The number of carbonyl (C=O) groups excluding carboxylic acids is 1. The van der Waals surface area contributed by atoms with E-state index in [1.54, 1.807) is 0 Å². The molecule has 0 aromatic heterocycles. The van der Waals surface area contributed by atoms with Crippen LogP contribution in [0.1, 0.15) is 42.1 Å². The Balaban J connectivity index is 1.71. The van der Waals surface area contributed by atoms with Gasteiger partial charge in [-0.3, -0.25) is 4.90 Å². The van der Waals surface area contributed by atoms with Crippen LogP contribution in [0, 0.1) is 6.92 Å². The predicted octanol–water partition coefficient (Wildman–Crippen LogP) is 2.82. The predicted molar refractivity (Wildman–Crippen MR) is 83.7 cm³/mol. The molecule has 2 unspecified atom stereocenters. The van der Waals surface area contributed by atoms with Gasteiger partial charge < -0.3 is 10.1 Å². The van der Waals surface area contributed by atoms with E-state index in [-0.39, 0.29) is 5.97 Å². The number of nitrogens with zero attached hydrogens (tertiary/aromatic N) is 1. The minimum Gasteiger partial charge on any atom is -0.465 e. The highest BCUT2D eigenvalue weighted by Gasteiger charge is 2.38. The first-order chi connectivity index (χ1) is 10.1. The summed E-state index contributed by atoms with van der Waals surface area (Å²) in [4.78, 5) is 14.3. The number of benzene rings is 1. The van der Waals surface area contributed by atoms with Crippen LogP contribution in [0.2, 0.25) is 0 Å².